The van der Waals surface area contributed by atoms with Crippen molar-refractivity contribution in [2.75, 3.05) is 6.54 Å². The lowest BCUT2D eigenvalue weighted by Crippen LogP contribution is -2.62. The van der Waals surface area contributed by atoms with Crippen molar-refractivity contribution in [1.29, 1.82) is 0 Å². The lowest BCUT2D eigenvalue weighted by atomic mass is 9.72. The molecule has 26 heavy (non-hydrogen) atoms. The Morgan fingerprint density at radius 3 is 1.42 bits per heavy atom. The van der Waals surface area contributed by atoms with Crippen LogP contribution in [-0.4, -0.2) is 28.6 Å². The Kier molecular flexibility index (Phi) is 4.31. The highest BCUT2D eigenvalue weighted by atomic mass is 16.4. The van der Waals surface area contributed by atoms with Crippen LogP contribution in [0.15, 0.2) is 91.0 Å². The van der Waals surface area contributed by atoms with Crippen LogP contribution in [0.4, 0.5) is 0 Å². The number of aliphatic carboxylic acids is 1. The topological polar surface area (TPSA) is 40.5 Å². The normalized spacial score (nSPS) is 17.5. The summed E-state index contributed by atoms with van der Waals surface area (Å²) in [5, 5.41) is 9.77. The molecule has 1 saturated heterocycles. The SMILES string of the molecule is O=C(O)[C@@H]1CCN1C(c1ccccc1)(c1ccccc1)c1ccccc1. The third-order valence-electron chi connectivity index (χ3n) is 5.31. The van der Waals surface area contributed by atoms with Crippen LogP contribution in [0.25, 0.3) is 0 Å². The molecule has 0 aromatic heterocycles. The summed E-state index contributed by atoms with van der Waals surface area (Å²) in [5.41, 5.74) is 2.64. The predicted molar refractivity (Wildman–Crippen MR) is 102 cm³/mol. The second kappa shape index (κ2) is 6.77. The minimum Gasteiger partial charge on any atom is -0.480 e. The van der Waals surface area contributed by atoms with E-state index < -0.39 is 17.6 Å². The molecule has 1 aliphatic heterocycles. The number of benzene rings is 3. The fourth-order valence-electron chi connectivity index (χ4n) is 4.08. The van der Waals surface area contributed by atoms with E-state index in [9.17, 15) is 9.90 Å². The average Bonchev–Trinajstić information content (AvgIpc) is 2.66. The summed E-state index contributed by atoms with van der Waals surface area (Å²) in [4.78, 5) is 14.0. The van der Waals surface area contributed by atoms with Crippen LogP contribution in [-0.2, 0) is 10.3 Å². The van der Waals surface area contributed by atoms with Crippen LogP contribution in [0.2, 0.25) is 0 Å². The molecular weight excluding hydrogens is 322 g/mol. The van der Waals surface area contributed by atoms with Gasteiger partial charge >= 0.3 is 5.97 Å². The highest BCUT2D eigenvalue weighted by Crippen LogP contribution is 2.46. The van der Waals surface area contributed by atoms with Gasteiger partial charge in [-0.3, -0.25) is 9.69 Å². The van der Waals surface area contributed by atoms with Gasteiger partial charge in [0.15, 0.2) is 0 Å². The van der Waals surface area contributed by atoms with Crippen molar-refractivity contribution in [1.82, 2.24) is 4.90 Å². The van der Waals surface area contributed by atoms with Gasteiger partial charge in [0.2, 0.25) is 0 Å². The van der Waals surface area contributed by atoms with E-state index in [0.29, 0.717) is 6.42 Å². The second-order valence-corrected chi connectivity index (χ2v) is 6.64. The van der Waals surface area contributed by atoms with Crippen molar-refractivity contribution < 1.29 is 9.90 Å². The average molecular weight is 343 g/mol. The zero-order valence-electron chi connectivity index (χ0n) is 14.5. The van der Waals surface area contributed by atoms with Gasteiger partial charge in [0.1, 0.15) is 6.04 Å². The van der Waals surface area contributed by atoms with Gasteiger partial charge in [-0.1, -0.05) is 91.0 Å². The maximum Gasteiger partial charge on any atom is 0.321 e. The Balaban J connectivity index is 2.03. The molecule has 4 rings (SSSR count). The van der Waals surface area contributed by atoms with Crippen LogP contribution >= 0.6 is 0 Å². The van der Waals surface area contributed by atoms with Crippen LogP contribution in [0.5, 0.6) is 0 Å². The highest BCUT2D eigenvalue weighted by Gasteiger charge is 2.51. The Morgan fingerprint density at radius 1 is 0.769 bits per heavy atom. The number of carbonyl (C=O) groups is 1. The van der Waals surface area contributed by atoms with Crippen molar-refractivity contribution in [3.63, 3.8) is 0 Å². The van der Waals surface area contributed by atoms with E-state index in [0.717, 1.165) is 23.2 Å². The van der Waals surface area contributed by atoms with E-state index in [1.165, 1.54) is 0 Å². The molecule has 1 fully saturated rings. The minimum absolute atomic E-state index is 0.490. The van der Waals surface area contributed by atoms with Gasteiger partial charge < -0.3 is 5.11 Å². The molecule has 3 nitrogen and oxygen atoms in total. The van der Waals surface area contributed by atoms with Gasteiger partial charge in [-0.05, 0) is 23.1 Å². The van der Waals surface area contributed by atoms with Crippen LogP contribution in [0, 0.1) is 0 Å². The number of carboxylic acids is 1. The van der Waals surface area contributed by atoms with Crippen molar-refractivity contribution in [2.24, 2.45) is 0 Å². The second-order valence-electron chi connectivity index (χ2n) is 6.64. The number of hydrogen-bond donors (Lipinski definition) is 1. The van der Waals surface area contributed by atoms with Crippen LogP contribution in [0.3, 0.4) is 0 Å². The standard InChI is InChI=1S/C23H21NO2/c25-22(26)21-16-17-24(21)23(18-10-4-1-5-11-18,19-12-6-2-7-13-19)20-14-8-3-9-15-20/h1-15,21H,16-17H2,(H,25,26)/t21-/m0/s1. The molecule has 0 spiro atoms. The first-order valence-corrected chi connectivity index (χ1v) is 8.90. The monoisotopic (exact) mass is 343 g/mol. The lowest BCUT2D eigenvalue weighted by Gasteiger charge is -2.53. The van der Waals surface area contributed by atoms with Crippen LogP contribution in [0.1, 0.15) is 23.1 Å². The number of nitrogens with zero attached hydrogens (tertiary/aromatic N) is 1. The van der Waals surface area contributed by atoms with E-state index in [4.69, 9.17) is 0 Å². The van der Waals surface area contributed by atoms with Gasteiger partial charge in [0.25, 0.3) is 0 Å². The van der Waals surface area contributed by atoms with Gasteiger partial charge in [0.05, 0.1) is 5.54 Å². The van der Waals surface area contributed by atoms with E-state index in [2.05, 4.69) is 41.3 Å². The fourth-order valence-corrected chi connectivity index (χ4v) is 4.08. The minimum atomic E-state index is -0.761. The van der Waals surface area contributed by atoms with Crippen molar-refractivity contribution in [3.05, 3.63) is 108 Å². The molecular formula is C23H21NO2. The molecule has 3 heteroatoms. The molecule has 130 valence electrons. The first-order chi connectivity index (χ1) is 12.7. The molecule has 3 aromatic rings. The molecule has 0 amide bonds. The number of hydrogen-bond acceptors (Lipinski definition) is 2. The van der Waals surface area contributed by atoms with Gasteiger partial charge in [0, 0.05) is 6.54 Å². The highest BCUT2D eigenvalue weighted by molar-refractivity contribution is 5.75. The fraction of sp³-hybridized carbons (Fsp3) is 0.174. The number of rotatable bonds is 5. The summed E-state index contributed by atoms with van der Waals surface area (Å²) in [7, 11) is 0. The Labute approximate surface area is 153 Å². The number of likely N-dealkylation sites (tertiary alicyclic amines) is 1. The molecule has 1 atom stereocenters. The molecule has 3 aromatic carbocycles. The molecule has 0 bridgehead atoms. The summed E-state index contributed by atoms with van der Waals surface area (Å²) in [6, 6.07) is 30.2. The third-order valence-corrected chi connectivity index (χ3v) is 5.31. The molecule has 0 unspecified atom stereocenters. The Hall–Kier alpha value is -2.91. The molecule has 1 heterocycles. The smallest absolute Gasteiger partial charge is 0.321 e. The van der Waals surface area contributed by atoms with E-state index >= 15 is 0 Å². The van der Waals surface area contributed by atoms with Crippen LogP contribution < -0.4 is 0 Å². The van der Waals surface area contributed by atoms with Crippen molar-refractivity contribution in [2.45, 2.75) is 18.0 Å². The first kappa shape index (κ1) is 16.6. The maximum absolute atomic E-state index is 11.9. The molecule has 1 N–H and O–H groups in total. The summed E-state index contributed by atoms with van der Waals surface area (Å²) >= 11 is 0. The van der Waals surface area contributed by atoms with Crippen molar-refractivity contribution >= 4 is 5.97 Å². The van der Waals surface area contributed by atoms with Gasteiger partial charge in [-0.15, -0.1) is 0 Å². The molecule has 0 radical (unpaired) electrons. The van der Waals surface area contributed by atoms with Gasteiger partial charge in [-0.25, -0.2) is 0 Å². The zero-order chi connectivity index (χ0) is 18.0. The quantitative estimate of drug-likeness (QED) is 0.708. The molecule has 0 aliphatic carbocycles. The van der Waals surface area contributed by atoms with E-state index in [1.807, 2.05) is 54.6 Å². The third kappa shape index (κ3) is 2.52. The van der Waals surface area contributed by atoms with Gasteiger partial charge in [-0.2, -0.15) is 0 Å². The lowest BCUT2D eigenvalue weighted by molar-refractivity contribution is -0.151. The molecule has 0 saturated carbocycles. The summed E-state index contributed by atoms with van der Waals surface area (Å²) < 4.78 is 0. The van der Waals surface area contributed by atoms with E-state index in [-0.39, 0.29) is 0 Å². The Morgan fingerprint density at radius 2 is 1.15 bits per heavy atom. The summed E-state index contributed by atoms with van der Waals surface area (Å²) in [6.45, 7) is 0.746. The Bertz CT molecular complexity index is 781. The largest absolute Gasteiger partial charge is 0.480 e. The summed E-state index contributed by atoms with van der Waals surface area (Å²) in [6.07, 6.45) is 0.670. The van der Waals surface area contributed by atoms with E-state index in [1.54, 1.807) is 0 Å². The number of carboxylic acid groups (broad SMARTS) is 1. The summed E-state index contributed by atoms with van der Waals surface area (Å²) in [5.74, 6) is -0.761. The predicted octanol–water partition coefficient (Wildman–Crippen LogP) is 4.14. The first-order valence-electron chi connectivity index (χ1n) is 8.90. The van der Waals surface area contributed by atoms with Crippen molar-refractivity contribution in [3.8, 4) is 0 Å². The zero-order valence-corrected chi connectivity index (χ0v) is 14.5. The maximum atomic E-state index is 11.9. The molecule has 1 aliphatic rings.